The molecule has 0 radical (unpaired) electrons. The predicted octanol–water partition coefficient (Wildman–Crippen LogP) is 2.77. The number of anilines is 1. The molecule has 1 fully saturated rings. The van der Waals surface area contributed by atoms with Gasteiger partial charge < -0.3 is 10.4 Å². The Morgan fingerprint density at radius 1 is 1.48 bits per heavy atom. The van der Waals surface area contributed by atoms with E-state index in [0.29, 0.717) is 23.2 Å². The molecule has 2 rings (SSSR count). The van der Waals surface area contributed by atoms with Gasteiger partial charge in [0.1, 0.15) is 4.47 Å². The van der Waals surface area contributed by atoms with E-state index in [1.165, 1.54) is 17.5 Å². The van der Waals surface area contributed by atoms with E-state index in [1.807, 2.05) is 0 Å². The standard InChI is InChI=1S/C15H24BrN3O2/c1-2-3-8-19-14(21)13(16)12(9-18-19)17-10-15(11-20)6-4-5-7-15/h9,17,20H,2-8,10-11H2,1H3. The minimum atomic E-state index is -0.0991. The Morgan fingerprint density at radius 2 is 2.19 bits per heavy atom. The quantitative estimate of drug-likeness (QED) is 0.787. The zero-order valence-electron chi connectivity index (χ0n) is 12.6. The Labute approximate surface area is 133 Å². The topological polar surface area (TPSA) is 67.2 Å². The molecule has 1 aliphatic rings. The minimum absolute atomic E-state index is 0.0451. The molecule has 1 heterocycles. The molecular formula is C15H24BrN3O2. The molecule has 21 heavy (non-hydrogen) atoms. The summed E-state index contributed by atoms with van der Waals surface area (Å²) in [4.78, 5) is 12.2. The van der Waals surface area contributed by atoms with Gasteiger partial charge in [0, 0.05) is 18.5 Å². The molecular weight excluding hydrogens is 334 g/mol. The lowest BCUT2D eigenvalue weighted by atomic mass is 9.87. The first-order valence-electron chi connectivity index (χ1n) is 7.72. The zero-order valence-corrected chi connectivity index (χ0v) is 14.2. The maximum atomic E-state index is 12.2. The van der Waals surface area contributed by atoms with E-state index in [-0.39, 0.29) is 17.6 Å². The van der Waals surface area contributed by atoms with Gasteiger partial charge in [-0.1, -0.05) is 26.2 Å². The molecule has 0 atom stereocenters. The number of hydrogen-bond acceptors (Lipinski definition) is 4. The van der Waals surface area contributed by atoms with Gasteiger partial charge in [0.05, 0.1) is 18.5 Å². The van der Waals surface area contributed by atoms with Crippen LogP contribution in [0.3, 0.4) is 0 Å². The fraction of sp³-hybridized carbons (Fsp3) is 0.733. The molecule has 2 N–H and O–H groups in total. The largest absolute Gasteiger partial charge is 0.396 e. The van der Waals surface area contributed by atoms with Crippen molar-refractivity contribution in [2.24, 2.45) is 5.41 Å². The predicted molar refractivity (Wildman–Crippen MR) is 87.6 cm³/mol. The summed E-state index contributed by atoms with van der Waals surface area (Å²) in [5, 5.41) is 17.1. The van der Waals surface area contributed by atoms with Crippen molar-refractivity contribution in [3.8, 4) is 0 Å². The van der Waals surface area contributed by atoms with Crippen LogP contribution in [0.2, 0.25) is 0 Å². The number of aryl methyl sites for hydroxylation is 1. The second kappa shape index (κ2) is 7.40. The Morgan fingerprint density at radius 3 is 2.81 bits per heavy atom. The molecule has 5 nitrogen and oxygen atoms in total. The highest BCUT2D eigenvalue weighted by Gasteiger charge is 2.33. The summed E-state index contributed by atoms with van der Waals surface area (Å²) < 4.78 is 2.02. The number of aliphatic hydroxyl groups is 1. The fourth-order valence-corrected chi connectivity index (χ4v) is 3.30. The van der Waals surface area contributed by atoms with Crippen LogP contribution < -0.4 is 10.9 Å². The zero-order chi connectivity index (χ0) is 15.3. The van der Waals surface area contributed by atoms with Crippen molar-refractivity contribution in [2.45, 2.75) is 52.0 Å². The van der Waals surface area contributed by atoms with Gasteiger partial charge in [-0.2, -0.15) is 5.10 Å². The van der Waals surface area contributed by atoms with Gasteiger partial charge >= 0.3 is 0 Å². The highest BCUT2D eigenvalue weighted by molar-refractivity contribution is 9.10. The van der Waals surface area contributed by atoms with Crippen LogP contribution in [0.15, 0.2) is 15.5 Å². The number of halogens is 1. The van der Waals surface area contributed by atoms with Crippen molar-refractivity contribution in [2.75, 3.05) is 18.5 Å². The van der Waals surface area contributed by atoms with Gasteiger partial charge in [0.15, 0.2) is 0 Å². The normalized spacial score (nSPS) is 17.1. The van der Waals surface area contributed by atoms with Gasteiger partial charge in [-0.15, -0.1) is 0 Å². The molecule has 0 amide bonds. The maximum absolute atomic E-state index is 12.2. The van der Waals surface area contributed by atoms with Gasteiger partial charge in [0.2, 0.25) is 0 Å². The Hall–Kier alpha value is -0.880. The number of aliphatic hydroxyl groups excluding tert-OH is 1. The van der Waals surface area contributed by atoms with Gasteiger partial charge in [-0.3, -0.25) is 4.79 Å². The average molecular weight is 358 g/mol. The Balaban J connectivity index is 2.07. The molecule has 1 saturated carbocycles. The summed E-state index contributed by atoms with van der Waals surface area (Å²) in [5.74, 6) is 0. The second-order valence-corrected chi connectivity index (χ2v) is 6.77. The first kappa shape index (κ1) is 16.5. The van der Waals surface area contributed by atoms with Crippen molar-refractivity contribution in [1.82, 2.24) is 9.78 Å². The van der Waals surface area contributed by atoms with Crippen molar-refractivity contribution >= 4 is 21.6 Å². The van der Waals surface area contributed by atoms with E-state index in [1.54, 1.807) is 6.20 Å². The molecule has 0 aliphatic heterocycles. The summed E-state index contributed by atoms with van der Waals surface area (Å²) >= 11 is 3.37. The molecule has 0 spiro atoms. The summed E-state index contributed by atoms with van der Waals surface area (Å²) in [5.41, 5.74) is 0.571. The third-order valence-electron chi connectivity index (χ3n) is 4.36. The van der Waals surface area contributed by atoms with Crippen LogP contribution in [0.25, 0.3) is 0 Å². The van der Waals surface area contributed by atoms with Crippen LogP contribution >= 0.6 is 15.9 Å². The average Bonchev–Trinajstić information content (AvgIpc) is 2.97. The van der Waals surface area contributed by atoms with E-state index in [2.05, 4.69) is 33.3 Å². The van der Waals surface area contributed by atoms with Crippen molar-refractivity contribution < 1.29 is 5.11 Å². The van der Waals surface area contributed by atoms with Gasteiger partial charge in [-0.05, 0) is 35.2 Å². The van der Waals surface area contributed by atoms with E-state index < -0.39 is 0 Å². The lowest BCUT2D eigenvalue weighted by molar-refractivity contribution is 0.142. The smallest absolute Gasteiger partial charge is 0.283 e. The highest BCUT2D eigenvalue weighted by Crippen LogP contribution is 2.37. The van der Waals surface area contributed by atoms with Crippen LogP contribution in [-0.4, -0.2) is 28.0 Å². The molecule has 118 valence electrons. The van der Waals surface area contributed by atoms with Crippen molar-refractivity contribution in [3.63, 3.8) is 0 Å². The third kappa shape index (κ3) is 3.86. The van der Waals surface area contributed by atoms with E-state index >= 15 is 0 Å². The summed E-state index contributed by atoms with van der Waals surface area (Å²) in [6.07, 6.45) is 8.08. The van der Waals surface area contributed by atoms with Crippen LogP contribution in [-0.2, 0) is 6.54 Å². The minimum Gasteiger partial charge on any atom is -0.396 e. The molecule has 0 unspecified atom stereocenters. The fourth-order valence-electron chi connectivity index (χ4n) is 2.85. The van der Waals surface area contributed by atoms with E-state index in [9.17, 15) is 9.90 Å². The van der Waals surface area contributed by atoms with Crippen LogP contribution in [0.1, 0.15) is 45.4 Å². The second-order valence-electron chi connectivity index (χ2n) is 5.97. The number of hydrogen-bond donors (Lipinski definition) is 2. The molecule has 1 aromatic rings. The molecule has 0 bridgehead atoms. The molecule has 6 heteroatoms. The number of unbranched alkanes of at least 4 members (excludes halogenated alkanes) is 1. The SMILES string of the molecule is CCCCn1ncc(NCC2(CO)CCCC2)c(Br)c1=O. The van der Waals surface area contributed by atoms with Gasteiger partial charge in [-0.25, -0.2) is 4.68 Å². The van der Waals surface area contributed by atoms with Crippen molar-refractivity contribution in [1.29, 1.82) is 0 Å². The van der Waals surface area contributed by atoms with Gasteiger partial charge in [0.25, 0.3) is 5.56 Å². The van der Waals surface area contributed by atoms with Crippen LogP contribution in [0.4, 0.5) is 5.69 Å². The Kier molecular flexibility index (Phi) is 5.81. The summed E-state index contributed by atoms with van der Waals surface area (Å²) in [6, 6.07) is 0. The van der Waals surface area contributed by atoms with E-state index in [0.717, 1.165) is 25.7 Å². The molecule has 0 aromatic carbocycles. The first-order chi connectivity index (χ1) is 10.1. The van der Waals surface area contributed by atoms with Crippen LogP contribution in [0.5, 0.6) is 0 Å². The number of nitrogens with one attached hydrogen (secondary N) is 1. The van der Waals surface area contributed by atoms with E-state index in [4.69, 9.17) is 0 Å². The molecule has 0 saturated heterocycles. The molecule has 1 aliphatic carbocycles. The summed E-state index contributed by atoms with van der Waals surface area (Å²) in [6.45, 7) is 3.61. The number of rotatable bonds is 7. The van der Waals surface area contributed by atoms with Crippen molar-refractivity contribution in [3.05, 3.63) is 21.0 Å². The number of aromatic nitrogens is 2. The highest BCUT2D eigenvalue weighted by atomic mass is 79.9. The lowest BCUT2D eigenvalue weighted by Gasteiger charge is -2.27. The van der Waals surface area contributed by atoms with Crippen LogP contribution in [0, 0.1) is 5.41 Å². The third-order valence-corrected chi connectivity index (χ3v) is 5.13. The maximum Gasteiger partial charge on any atom is 0.283 e. The first-order valence-corrected chi connectivity index (χ1v) is 8.51. The molecule has 1 aromatic heterocycles. The summed E-state index contributed by atoms with van der Waals surface area (Å²) in [7, 11) is 0. The monoisotopic (exact) mass is 357 g/mol. The lowest BCUT2D eigenvalue weighted by Crippen LogP contribution is -2.32. The number of nitrogens with zero attached hydrogens (tertiary/aromatic N) is 2. The Bertz CT molecular complexity index is 524.